The summed E-state index contributed by atoms with van der Waals surface area (Å²) in [6.07, 6.45) is 3.30. The number of hydrogen-bond donors (Lipinski definition) is 2. The lowest BCUT2D eigenvalue weighted by Gasteiger charge is -2.27. The van der Waals surface area contributed by atoms with Crippen molar-refractivity contribution in [2.24, 2.45) is 5.73 Å². The van der Waals surface area contributed by atoms with E-state index in [1.54, 1.807) is 7.11 Å². The van der Waals surface area contributed by atoms with Crippen LogP contribution in [0.4, 0.5) is 0 Å². The van der Waals surface area contributed by atoms with Crippen molar-refractivity contribution in [2.75, 3.05) is 20.2 Å². The molecule has 3 heteroatoms. The van der Waals surface area contributed by atoms with E-state index in [4.69, 9.17) is 10.5 Å². The van der Waals surface area contributed by atoms with E-state index >= 15 is 0 Å². The normalized spacial score (nSPS) is 14.4. The van der Waals surface area contributed by atoms with Gasteiger partial charge in [-0.3, -0.25) is 0 Å². The van der Waals surface area contributed by atoms with Crippen LogP contribution in [0.5, 0.6) is 0 Å². The van der Waals surface area contributed by atoms with E-state index in [0.717, 1.165) is 32.4 Å². The Bertz CT molecular complexity index is 137. The third-order valence-electron chi connectivity index (χ3n) is 2.47. The van der Waals surface area contributed by atoms with E-state index in [1.807, 2.05) is 0 Å². The van der Waals surface area contributed by atoms with E-state index < -0.39 is 0 Å². The fraction of sp³-hybridized carbons (Fsp3) is 1.00. The van der Waals surface area contributed by atoms with E-state index in [9.17, 15) is 0 Å². The number of ether oxygens (including phenoxy) is 1. The second-order valence-corrected chi connectivity index (χ2v) is 4.52. The van der Waals surface area contributed by atoms with Crippen LogP contribution in [-0.4, -0.2) is 31.8 Å². The average Bonchev–Trinajstić information content (AvgIpc) is 2.12. The van der Waals surface area contributed by atoms with Gasteiger partial charge in [0.05, 0.1) is 5.60 Å². The molecule has 14 heavy (non-hydrogen) atoms. The average molecular weight is 202 g/mol. The van der Waals surface area contributed by atoms with Gasteiger partial charge in [0.2, 0.25) is 0 Å². The highest BCUT2D eigenvalue weighted by Gasteiger charge is 2.19. The van der Waals surface area contributed by atoms with Gasteiger partial charge in [0.1, 0.15) is 0 Å². The van der Waals surface area contributed by atoms with Crippen LogP contribution in [0, 0.1) is 0 Å². The second kappa shape index (κ2) is 7.21. The Morgan fingerprint density at radius 1 is 1.36 bits per heavy atom. The van der Waals surface area contributed by atoms with Gasteiger partial charge in [0.15, 0.2) is 0 Å². The van der Waals surface area contributed by atoms with Crippen LogP contribution < -0.4 is 11.1 Å². The van der Waals surface area contributed by atoms with Crippen LogP contribution in [0.2, 0.25) is 0 Å². The maximum absolute atomic E-state index is 5.42. The maximum Gasteiger partial charge on any atom is 0.0637 e. The highest BCUT2D eigenvalue weighted by molar-refractivity contribution is 4.75. The maximum atomic E-state index is 5.42. The Morgan fingerprint density at radius 2 is 2.00 bits per heavy atom. The topological polar surface area (TPSA) is 47.3 Å². The lowest BCUT2D eigenvalue weighted by atomic mass is 10.00. The monoisotopic (exact) mass is 202 g/mol. The first-order chi connectivity index (χ1) is 6.52. The van der Waals surface area contributed by atoms with Crippen molar-refractivity contribution in [1.29, 1.82) is 0 Å². The van der Waals surface area contributed by atoms with Crippen LogP contribution >= 0.6 is 0 Å². The highest BCUT2D eigenvalue weighted by Crippen LogP contribution is 2.15. The fourth-order valence-electron chi connectivity index (χ4n) is 1.51. The van der Waals surface area contributed by atoms with Crippen LogP contribution in [0.25, 0.3) is 0 Å². The second-order valence-electron chi connectivity index (χ2n) is 4.52. The Labute approximate surface area is 88.4 Å². The van der Waals surface area contributed by atoms with E-state index in [1.165, 1.54) is 0 Å². The third kappa shape index (κ3) is 7.30. The minimum atomic E-state index is -0.0275. The number of unbranched alkanes of at least 4 members (excludes halogenated alkanes) is 1. The van der Waals surface area contributed by atoms with Crippen molar-refractivity contribution in [3.05, 3.63) is 0 Å². The minimum absolute atomic E-state index is 0.0275. The molecule has 0 aromatic rings. The molecule has 0 saturated heterocycles. The standard InChI is InChI=1S/C11H26N2O/c1-10(9-11(2,3)14-4)13-8-6-5-7-12/h10,13H,5-9,12H2,1-4H3. The summed E-state index contributed by atoms with van der Waals surface area (Å²) >= 11 is 0. The van der Waals surface area contributed by atoms with Crippen molar-refractivity contribution in [2.45, 2.75) is 51.7 Å². The summed E-state index contributed by atoms with van der Waals surface area (Å²) in [7, 11) is 1.77. The van der Waals surface area contributed by atoms with Crippen molar-refractivity contribution in [1.82, 2.24) is 5.32 Å². The molecule has 0 spiro atoms. The summed E-state index contributed by atoms with van der Waals surface area (Å²) in [5, 5.41) is 3.47. The molecule has 0 aliphatic heterocycles. The zero-order valence-corrected chi connectivity index (χ0v) is 10.1. The van der Waals surface area contributed by atoms with E-state index in [-0.39, 0.29) is 5.60 Å². The van der Waals surface area contributed by atoms with Crippen molar-refractivity contribution in [3.63, 3.8) is 0 Å². The lowest BCUT2D eigenvalue weighted by Crippen LogP contribution is -2.36. The zero-order chi connectivity index (χ0) is 11.0. The third-order valence-corrected chi connectivity index (χ3v) is 2.47. The summed E-state index contributed by atoms with van der Waals surface area (Å²) in [5.41, 5.74) is 5.39. The van der Waals surface area contributed by atoms with Crippen LogP contribution in [0.3, 0.4) is 0 Å². The van der Waals surface area contributed by atoms with Crippen molar-refractivity contribution in [3.8, 4) is 0 Å². The van der Waals surface area contributed by atoms with Gasteiger partial charge < -0.3 is 15.8 Å². The molecule has 1 unspecified atom stereocenters. The molecule has 1 atom stereocenters. The van der Waals surface area contributed by atoms with E-state index in [0.29, 0.717) is 6.04 Å². The number of rotatable bonds is 8. The first-order valence-corrected chi connectivity index (χ1v) is 5.50. The first-order valence-electron chi connectivity index (χ1n) is 5.50. The molecule has 0 bridgehead atoms. The molecule has 0 fully saturated rings. The Morgan fingerprint density at radius 3 is 2.50 bits per heavy atom. The van der Waals surface area contributed by atoms with Crippen molar-refractivity contribution < 1.29 is 4.74 Å². The molecular weight excluding hydrogens is 176 g/mol. The van der Waals surface area contributed by atoms with Crippen LogP contribution in [-0.2, 0) is 4.74 Å². The summed E-state index contributed by atoms with van der Waals surface area (Å²) in [6, 6.07) is 0.503. The van der Waals surface area contributed by atoms with Gasteiger partial charge in [-0.25, -0.2) is 0 Å². The predicted octanol–water partition coefficient (Wildman–Crippen LogP) is 1.52. The molecule has 0 aliphatic rings. The molecule has 3 N–H and O–H groups in total. The Kier molecular flexibility index (Phi) is 7.15. The van der Waals surface area contributed by atoms with Gasteiger partial charge in [-0.1, -0.05) is 0 Å². The molecule has 0 aromatic heterocycles. The molecule has 0 aromatic carbocycles. The molecule has 0 rings (SSSR count). The number of nitrogens with one attached hydrogen (secondary N) is 1. The summed E-state index contributed by atoms with van der Waals surface area (Å²) in [5.74, 6) is 0. The van der Waals surface area contributed by atoms with Gasteiger partial charge in [0, 0.05) is 13.2 Å². The predicted molar refractivity (Wildman–Crippen MR) is 61.5 cm³/mol. The van der Waals surface area contributed by atoms with Crippen LogP contribution in [0.15, 0.2) is 0 Å². The molecule has 0 amide bonds. The van der Waals surface area contributed by atoms with E-state index in [2.05, 4.69) is 26.1 Å². The smallest absolute Gasteiger partial charge is 0.0637 e. The molecule has 3 nitrogen and oxygen atoms in total. The Hall–Kier alpha value is -0.120. The molecule has 0 saturated carbocycles. The zero-order valence-electron chi connectivity index (χ0n) is 10.1. The van der Waals surface area contributed by atoms with Gasteiger partial charge in [-0.2, -0.15) is 0 Å². The molecule has 86 valence electrons. The highest BCUT2D eigenvalue weighted by atomic mass is 16.5. The molecule has 0 radical (unpaired) electrons. The Balaban J connectivity index is 3.49. The lowest BCUT2D eigenvalue weighted by molar-refractivity contribution is 0.00860. The molecule has 0 heterocycles. The van der Waals surface area contributed by atoms with Gasteiger partial charge in [0.25, 0.3) is 0 Å². The number of nitrogens with two attached hydrogens (primary N) is 1. The van der Waals surface area contributed by atoms with Gasteiger partial charge >= 0.3 is 0 Å². The summed E-state index contributed by atoms with van der Waals surface area (Å²) in [4.78, 5) is 0. The van der Waals surface area contributed by atoms with Gasteiger partial charge in [-0.05, 0) is 53.1 Å². The fourth-order valence-corrected chi connectivity index (χ4v) is 1.51. The van der Waals surface area contributed by atoms with Crippen molar-refractivity contribution >= 4 is 0 Å². The largest absolute Gasteiger partial charge is 0.379 e. The SMILES string of the molecule is COC(C)(C)CC(C)NCCCCN. The quantitative estimate of drug-likeness (QED) is 0.587. The first kappa shape index (κ1) is 13.9. The summed E-state index contributed by atoms with van der Waals surface area (Å²) in [6.45, 7) is 8.27. The molecular formula is C11H26N2O. The van der Waals surface area contributed by atoms with Gasteiger partial charge in [-0.15, -0.1) is 0 Å². The summed E-state index contributed by atoms with van der Waals surface area (Å²) < 4.78 is 5.38. The number of methoxy groups -OCH3 is 1. The van der Waals surface area contributed by atoms with Crippen LogP contribution in [0.1, 0.15) is 40.0 Å². The molecule has 0 aliphatic carbocycles. The minimum Gasteiger partial charge on any atom is -0.379 e. The number of hydrogen-bond acceptors (Lipinski definition) is 3.